The monoisotopic (exact) mass is 297 g/mol. The van der Waals surface area contributed by atoms with Gasteiger partial charge in [-0.1, -0.05) is 31.2 Å². The number of ether oxygens (including phenoxy) is 1. The first-order chi connectivity index (χ1) is 10.7. The number of carbonyl (C=O) groups is 1. The Labute approximate surface area is 132 Å². The molecule has 0 heterocycles. The second-order valence-electron chi connectivity index (χ2n) is 5.30. The molecule has 0 spiro atoms. The normalized spacial score (nSPS) is 10.3. The quantitative estimate of drug-likeness (QED) is 0.831. The number of amides is 1. The third kappa shape index (κ3) is 4.92. The highest BCUT2D eigenvalue weighted by molar-refractivity contribution is 5.90. The Kier molecular flexibility index (Phi) is 6.01. The molecule has 22 heavy (non-hydrogen) atoms. The van der Waals surface area contributed by atoms with E-state index in [2.05, 4.69) is 12.2 Å². The van der Waals surface area contributed by atoms with Crippen LogP contribution in [0.2, 0.25) is 0 Å². The van der Waals surface area contributed by atoms with E-state index in [1.807, 2.05) is 48.5 Å². The number of rotatable bonds is 7. The van der Waals surface area contributed by atoms with Crippen LogP contribution in [0, 0.1) is 0 Å². The van der Waals surface area contributed by atoms with Crippen LogP contribution in [0.4, 0.5) is 5.69 Å². The van der Waals surface area contributed by atoms with Crippen LogP contribution in [0.15, 0.2) is 48.5 Å². The molecule has 3 nitrogen and oxygen atoms in total. The standard InChI is InChI=1S/C19H23NO2/c1-3-15-7-11-17(12-8-15)20-19(21)6-4-5-16-9-13-18(22-2)14-10-16/h7-14H,3-6H2,1-2H3,(H,20,21). The SMILES string of the molecule is CCc1ccc(NC(=O)CCCc2ccc(OC)cc2)cc1. The molecule has 2 rings (SSSR count). The average Bonchev–Trinajstić information content (AvgIpc) is 2.56. The molecule has 0 bridgehead atoms. The Morgan fingerprint density at radius 1 is 1.00 bits per heavy atom. The number of hydrogen-bond acceptors (Lipinski definition) is 2. The van der Waals surface area contributed by atoms with E-state index < -0.39 is 0 Å². The number of carbonyl (C=O) groups excluding carboxylic acids is 1. The number of anilines is 1. The van der Waals surface area contributed by atoms with Gasteiger partial charge in [-0.05, 0) is 54.7 Å². The molecule has 0 atom stereocenters. The topological polar surface area (TPSA) is 38.3 Å². The fraction of sp³-hybridized carbons (Fsp3) is 0.316. The number of nitrogens with one attached hydrogen (secondary N) is 1. The van der Waals surface area contributed by atoms with Crippen molar-refractivity contribution in [1.29, 1.82) is 0 Å². The van der Waals surface area contributed by atoms with Gasteiger partial charge >= 0.3 is 0 Å². The van der Waals surface area contributed by atoms with Crippen LogP contribution in [0.1, 0.15) is 30.9 Å². The summed E-state index contributed by atoms with van der Waals surface area (Å²) in [6.45, 7) is 2.12. The van der Waals surface area contributed by atoms with Gasteiger partial charge in [-0.25, -0.2) is 0 Å². The highest BCUT2D eigenvalue weighted by Crippen LogP contribution is 2.14. The van der Waals surface area contributed by atoms with E-state index in [9.17, 15) is 4.79 Å². The largest absolute Gasteiger partial charge is 0.497 e. The molecule has 0 aliphatic heterocycles. The molecule has 0 radical (unpaired) electrons. The van der Waals surface area contributed by atoms with Crippen LogP contribution >= 0.6 is 0 Å². The first-order valence-corrected chi connectivity index (χ1v) is 7.73. The summed E-state index contributed by atoms with van der Waals surface area (Å²) in [4.78, 5) is 11.9. The Hall–Kier alpha value is -2.29. The second-order valence-corrected chi connectivity index (χ2v) is 5.30. The lowest BCUT2D eigenvalue weighted by Crippen LogP contribution is -2.11. The zero-order valence-corrected chi connectivity index (χ0v) is 13.3. The van der Waals surface area contributed by atoms with Gasteiger partial charge in [-0.15, -0.1) is 0 Å². The minimum atomic E-state index is 0.0674. The van der Waals surface area contributed by atoms with Crippen molar-refractivity contribution < 1.29 is 9.53 Å². The highest BCUT2D eigenvalue weighted by Gasteiger charge is 2.03. The molecule has 3 heteroatoms. The van der Waals surface area contributed by atoms with Crippen molar-refractivity contribution in [3.05, 3.63) is 59.7 Å². The number of benzene rings is 2. The molecule has 2 aromatic carbocycles. The van der Waals surface area contributed by atoms with E-state index in [1.54, 1.807) is 7.11 Å². The molecule has 0 aromatic heterocycles. The highest BCUT2D eigenvalue weighted by atomic mass is 16.5. The summed E-state index contributed by atoms with van der Waals surface area (Å²) in [6.07, 6.45) is 3.27. The van der Waals surface area contributed by atoms with E-state index in [4.69, 9.17) is 4.74 Å². The van der Waals surface area contributed by atoms with Gasteiger partial charge in [0.2, 0.25) is 5.91 Å². The summed E-state index contributed by atoms with van der Waals surface area (Å²) < 4.78 is 5.13. The lowest BCUT2D eigenvalue weighted by Gasteiger charge is -2.06. The van der Waals surface area contributed by atoms with E-state index in [-0.39, 0.29) is 5.91 Å². The number of methoxy groups -OCH3 is 1. The summed E-state index contributed by atoms with van der Waals surface area (Å²) >= 11 is 0. The van der Waals surface area contributed by atoms with E-state index in [1.165, 1.54) is 11.1 Å². The van der Waals surface area contributed by atoms with E-state index in [0.717, 1.165) is 30.7 Å². The number of aryl methyl sites for hydroxylation is 2. The van der Waals surface area contributed by atoms with Gasteiger partial charge in [0.1, 0.15) is 5.75 Å². The molecule has 0 unspecified atom stereocenters. The summed E-state index contributed by atoms with van der Waals surface area (Å²) in [6, 6.07) is 16.0. The smallest absolute Gasteiger partial charge is 0.224 e. The molecule has 0 aliphatic carbocycles. The van der Waals surface area contributed by atoms with Crippen molar-refractivity contribution in [2.45, 2.75) is 32.6 Å². The zero-order valence-electron chi connectivity index (χ0n) is 13.3. The van der Waals surface area contributed by atoms with Gasteiger partial charge in [-0.3, -0.25) is 4.79 Å². The molecule has 116 valence electrons. The van der Waals surface area contributed by atoms with Crippen LogP contribution in [0.25, 0.3) is 0 Å². The van der Waals surface area contributed by atoms with Crippen LogP contribution in [0.5, 0.6) is 5.75 Å². The van der Waals surface area contributed by atoms with Gasteiger partial charge in [-0.2, -0.15) is 0 Å². The average molecular weight is 297 g/mol. The molecule has 1 amide bonds. The minimum Gasteiger partial charge on any atom is -0.497 e. The predicted molar refractivity (Wildman–Crippen MR) is 90.4 cm³/mol. The fourth-order valence-corrected chi connectivity index (χ4v) is 2.29. The number of hydrogen-bond donors (Lipinski definition) is 1. The van der Waals surface area contributed by atoms with Crippen LogP contribution in [0.3, 0.4) is 0 Å². The maximum Gasteiger partial charge on any atom is 0.224 e. The van der Waals surface area contributed by atoms with Crippen molar-refractivity contribution >= 4 is 11.6 Å². The van der Waals surface area contributed by atoms with E-state index >= 15 is 0 Å². The Morgan fingerprint density at radius 3 is 2.23 bits per heavy atom. The molecule has 1 N–H and O–H groups in total. The molecule has 0 fully saturated rings. The Balaban J connectivity index is 1.74. The fourth-order valence-electron chi connectivity index (χ4n) is 2.29. The predicted octanol–water partition coefficient (Wildman–Crippen LogP) is 4.22. The first-order valence-electron chi connectivity index (χ1n) is 7.73. The summed E-state index contributed by atoms with van der Waals surface area (Å²) in [5.74, 6) is 0.926. The minimum absolute atomic E-state index is 0.0674. The van der Waals surface area contributed by atoms with Crippen molar-refractivity contribution in [2.24, 2.45) is 0 Å². The maximum atomic E-state index is 11.9. The molecular formula is C19H23NO2. The molecule has 0 saturated carbocycles. The van der Waals surface area contributed by atoms with Crippen molar-refractivity contribution in [3.63, 3.8) is 0 Å². The van der Waals surface area contributed by atoms with Crippen molar-refractivity contribution in [3.8, 4) is 5.75 Å². The summed E-state index contributed by atoms with van der Waals surface area (Å²) in [5, 5.41) is 2.94. The van der Waals surface area contributed by atoms with Crippen LogP contribution in [-0.2, 0) is 17.6 Å². The lowest BCUT2D eigenvalue weighted by molar-refractivity contribution is -0.116. The second kappa shape index (κ2) is 8.23. The van der Waals surface area contributed by atoms with Crippen LogP contribution in [-0.4, -0.2) is 13.0 Å². The lowest BCUT2D eigenvalue weighted by atomic mass is 10.1. The molecule has 0 aliphatic rings. The zero-order chi connectivity index (χ0) is 15.8. The van der Waals surface area contributed by atoms with E-state index in [0.29, 0.717) is 6.42 Å². The Bertz CT molecular complexity index is 588. The molecular weight excluding hydrogens is 274 g/mol. The third-order valence-corrected chi connectivity index (χ3v) is 3.67. The summed E-state index contributed by atoms with van der Waals surface area (Å²) in [5.41, 5.74) is 3.37. The van der Waals surface area contributed by atoms with Gasteiger partial charge in [0.15, 0.2) is 0 Å². The maximum absolute atomic E-state index is 11.9. The summed E-state index contributed by atoms with van der Waals surface area (Å²) in [7, 11) is 1.66. The van der Waals surface area contributed by atoms with Crippen molar-refractivity contribution in [1.82, 2.24) is 0 Å². The first kappa shape index (κ1) is 16.1. The Morgan fingerprint density at radius 2 is 1.64 bits per heavy atom. The van der Waals surface area contributed by atoms with Crippen LogP contribution < -0.4 is 10.1 Å². The van der Waals surface area contributed by atoms with Gasteiger partial charge < -0.3 is 10.1 Å². The van der Waals surface area contributed by atoms with Gasteiger partial charge in [0.25, 0.3) is 0 Å². The molecule has 2 aromatic rings. The van der Waals surface area contributed by atoms with Gasteiger partial charge in [0.05, 0.1) is 7.11 Å². The third-order valence-electron chi connectivity index (χ3n) is 3.67. The molecule has 0 saturated heterocycles. The van der Waals surface area contributed by atoms with Crippen molar-refractivity contribution in [2.75, 3.05) is 12.4 Å². The van der Waals surface area contributed by atoms with Gasteiger partial charge in [0, 0.05) is 12.1 Å².